The number of benzene rings is 1. The lowest BCUT2D eigenvalue weighted by molar-refractivity contribution is -0.385. The molecule has 0 spiro atoms. The van der Waals surface area contributed by atoms with Crippen LogP contribution >= 0.6 is 0 Å². The number of hydrogen-bond donors (Lipinski definition) is 2. The third-order valence-corrected chi connectivity index (χ3v) is 2.70. The highest BCUT2D eigenvalue weighted by atomic mass is 16.6. The molecule has 19 heavy (non-hydrogen) atoms. The number of carboxylic acid groups (broad SMARTS) is 1. The van der Waals surface area contributed by atoms with E-state index in [-0.39, 0.29) is 11.3 Å². The SMILES string of the molecule is Cc1c(NCCN(C)C)cc(C(=O)O)cc1[N+](=O)[O-]. The molecule has 0 amide bonds. The fraction of sp³-hybridized carbons (Fsp3) is 0.417. The Morgan fingerprint density at radius 2 is 2.11 bits per heavy atom. The van der Waals surface area contributed by atoms with Crippen molar-refractivity contribution in [2.75, 3.05) is 32.5 Å². The van der Waals surface area contributed by atoms with Crippen LogP contribution in [-0.4, -0.2) is 48.1 Å². The first-order valence-electron chi connectivity index (χ1n) is 5.74. The van der Waals surface area contributed by atoms with Crippen LogP contribution in [-0.2, 0) is 0 Å². The molecule has 1 aromatic carbocycles. The van der Waals surface area contributed by atoms with Gasteiger partial charge >= 0.3 is 5.97 Å². The zero-order valence-corrected chi connectivity index (χ0v) is 11.1. The summed E-state index contributed by atoms with van der Waals surface area (Å²) >= 11 is 0. The highest BCUT2D eigenvalue weighted by molar-refractivity contribution is 5.90. The van der Waals surface area contributed by atoms with E-state index in [4.69, 9.17) is 5.11 Å². The van der Waals surface area contributed by atoms with Gasteiger partial charge in [0.15, 0.2) is 0 Å². The van der Waals surface area contributed by atoms with Crippen LogP contribution in [0.2, 0.25) is 0 Å². The molecule has 0 aliphatic rings. The number of carbonyl (C=O) groups is 1. The van der Waals surface area contributed by atoms with Crippen LogP contribution in [0.25, 0.3) is 0 Å². The molecule has 0 aromatic heterocycles. The molecule has 104 valence electrons. The van der Waals surface area contributed by atoms with Gasteiger partial charge in [-0.15, -0.1) is 0 Å². The van der Waals surface area contributed by atoms with E-state index in [0.29, 0.717) is 17.8 Å². The van der Waals surface area contributed by atoms with Crippen molar-refractivity contribution in [2.45, 2.75) is 6.92 Å². The third kappa shape index (κ3) is 3.92. The monoisotopic (exact) mass is 267 g/mol. The lowest BCUT2D eigenvalue weighted by Crippen LogP contribution is -2.21. The van der Waals surface area contributed by atoms with Crippen LogP contribution < -0.4 is 5.32 Å². The Labute approximate surface area is 111 Å². The smallest absolute Gasteiger partial charge is 0.336 e. The van der Waals surface area contributed by atoms with Crippen LogP contribution in [0.1, 0.15) is 15.9 Å². The number of nitrogens with one attached hydrogen (secondary N) is 1. The molecular weight excluding hydrogens is 250 g/mol. The summed E-state index contributed by atoms with van der Waals surface area (Å²) in [6.07, 6.45) is 0. The number of likely N-dealkylation sites (N-methyl/N-ethyl adjacent to an activating group) is 1. The first-order chi connectivity index (χ1) is 8.82. The van der Waals surface area contributed by atoms with Crippen molar-refractivity contribution >= 4 is 17.3 Å². The summed E-state index contributed by atoms with van der Waals surface area (Å²) < 4.78 is 0. The van der Waals surface area contributed by atoms with Crippen molar-refractivity contribution in [2.24, 2.45) is 0 Å². The number of nitro benzene ring substituents is 1. The van der Waals surface area contributed by atoms with Crippen molar-refractivity contribution in [3.63, 3.8) is 0 Å². The maximum absolute atomic E-state index is 11.0. The summed E-state index contributed by atoms with van der Waals surface area (Å²) in [5, 5.41) is 22.9. The minimum atomic E-state index is -1.18. The predicted octanol–water partition coefficient (Wildman–Crippen LogP) is 1.57. The lowest BCUT2D eigenvalue weighted by Gasteiger charge is -2.13. The molecule has 0 saturated heterocycles. The molecule has 0 heterocycles. The minimum Gasteiger partial charge on any atom is -0.478 e. The Morgan fingerprint density at radius 3 is 2.58 bits per heavy atom. The minimum absolute atomic E-state index is 0.0929. The van der Waals surface area contributed by atoms with E-state index in [1.165, 1.54) is 6.07 Å². The molecular formula is C12H17N3O4. The Bertz CT molecular complexity index is 500. The molecule has 7 heteroatoms. The molecule has 0 radical (unpaired) electrons. The molecule has 0 bridgehead atoms. The first kappa shape index (κ1) is 14.9. The second kappa shape index (κ2) is 6.14. The van der Waals surface area contributed by atoms with Crippen molar-refractivity contribution in [3.8, 4) is 0 Å². The highest BCUT2D eigenvalue weighted by Gasteiger charge is 2.18. The average molecular weight is 267 g/mol. The molecule has 0 fully saturated rings. The van der Waals surface area contributed by atoms with Crippen molar-refractivity contribution in [3.05, 3.63) is 33.4 Å². The second-order valence-corrected chi connectivity index (χ2v) is 4.46. The molecule has 0 unspecified atom stereocenters. The van der Waals surface area contributed by atoms with Crippen molar-refractivity contribution < 1.29 is 14.8 Å². The van der Waals surface area contributed by atoms with Crippen LogP contribution in [0.15, 0.2) is 12.1 Å². The quantitative estimate of drug-likeness (QED) is 0.600. The maximum atomic E-state index is 11.0. The van der Waals surface area contributed by atoms with Gasteiger partial charge in [0.05, 0.1) is 10.5 Å². The normalized spacial score (nSPS) is 10.5. The Balaban J connectivity index is 3.07. The van der Waals surface area contributed by atoms with E-state index >= 15 is 0 Å². The number of nitrogens with zero attached hydrogens (tertiary/aromatic N) is 2. The highest BCUT2D eigenvalue weighted by Crippen LogP contribution is 2.27. The van der Waals surface area contributed by atoms with Crippen LogP contribution in [0.4, 0.5) is 11.4 Å². The van der Waals surface area contributed by atoms with Gasteiger partial charge in [-0.25, -0.2) is 4.79 Å². The number of aromatic carboxylic acids is 1. The molecule has 0 aliphatic carbocycles. The third-order valence-electron chi connectivity index (χ3n) is 2.70. The molecule has 1 aromatic rings. The Hall–Kier alpha value is -2.15. The molecule has 0 atom stereocenters. The van der Waals surface area contributed by atoms with E-state index in [9.17, 15) is 14.9 Å². The first-order valence-corrected chi connectivity index (χ1v) is 5.74. The standard InChI is InChI=1S/C12H17N3O4/c1-8-10(13-4-5-14(2)3)6-9(12(16)17)7-11(8)15(18)19/h6-7,13H,4-5H2,1-3H3,(H,16,17). The number of carboxylic acids is 1. The molecule has 0 saturated carbocycles. The second-order valence-electron chi connectivity index (χ2n) is 4.46. The molecule has 1 rings (SSSR count). The Kier molecular flexibility index (Phi) is 4.82. The summed E-state index contributed by atoms with van der Waals surface area (Å²) in [7, 11) is 3.81. The fourth-order valence-corrected chi connectivity index (χ4v) is 1.61. The maximum Gasteiger partial charge on any atom is 0.336 e. The van der Waals surface area contributed by atoms with Crippen molar-refractivity contribution in [1.29, 1.82) is 0 Å². The summed E-state index contributed by atoms with van der Waals surface area (Å²) in [6.45, 7) is 2.92. The van der Waals surface area contributed by atoms with E-state index < -0.39 is 10.9 Å². The van der Waals surface area contributed by atoms with Gasteiger partial charge in [0.2, 0.25) is 0 Å². The summed E-state index contributed by atoms with van der Waals surface area (Å²) in [5.41, 5.74) is 0.638. The van der Waals surface area contributed by atoms with Crippen LogP contribution in [0, 0.1) is 17.0 Å². The largest absolute Gasteiger partial charge is 0.478 e. The van der Waals surface area contributed by atoms with Gasteiger partial charge in [-0.3, -0.25) is 10.1 Å². The average Bonchev–Trinajstić information content (AvgIpc) is 2.30. The van der Waals surface area contributed by atoms with Crippen LogP contribution in [0.3, 0.4) is 0 Å². The lowest BCUT2D eigenvalue weighted by atomic mass is 10.1. The van der Waals surface area contributed by atoms with Crippen LogP contribution in [0.5, 0.6) is 0 Å². The van der Waals surface area contributed by atoms with E-state index in [1.54, 1.807) is 6.92 Å². The van der Waals surface area contributed by atoms with E-state index in [2.05, 4.69) is 5.32 Å². The van der Waals surface area contributed by atoms with Crippen molar-refractivity contribution in [1.82, 2.24) is 4.90 Å². The van der Waals surface area contributed by atoms with Gasteiger partial charge in [-0.1, -0.05) is 0 Å². The van der Waals surface area contributed by atoms with Gasteiger partial charge in [-0.2, -0.15) is 0 Å². The summed E-state index contributed by atoms with van der Waals surface area (Å²) in [4.78, 5) is 23.3. The zero-order chi connectivity index (χ0) is 14.6. The van der Waals surface area contributed by atoms with Gasteiger partial charge < -0.3 is 15.3 Å². The van der Waals surface area contributed by atoms with Gasteiger partial charge in [-0.05, 0) is 27.1 Å². The fourth-order valence-electron chi connectivity index (χ4n) is 1.61. The number of anilines is 1. The summed E-state index contributed by atoms with van der Waals surface area (Å²) in [5.74, 6) is -1.18. The van der Waals surface area contributed by atoms with Gasteiger partial charge in [0.1, 0.15) is 0 Å². The predicted molar refractivity (Wildman–Crippen MR) is 71.8 cm³/mol. The Morgan fingerprint density at radius 1 is 1.47 bits per heavy atom. The molecule has 2 N–H and O–H groups in total. The zero-order valence-electron chi connectivity index (χ0n) is 11.1. The van der Waals surface area contributed by atoms with E-state index in [0.717, 1.165) is 12.6 Å². The molecule has 7 nitrogen and oxygen atoms in total. The molecule has 0 aliphatic heterocycles. The van der Waals surface area contributed by atoms with Gasteiger partial charge in [0, 0.05) is 30.4 Å². The number of rotatable bonds is 6. The number of nitro groups is 1. The summed E-state index contributed by atoms with van der Waals surface area (Å²) in [6, 6.07) is 2.50. The number of hydrogen-bond acceptors (Lipinski definition) is 5. The topological polar surface area (TPSA) is 95.7 Å². The van der Waals surface area contributed by atoms with E-state index in [1.807, 2.05) is 19.0 Å². The van der Waals surface area contributed by atoms with Gasteiger partial charge in [0.25, 0.3) is 5.69 Å².